The molecule has 0 radical (unpaired) electrons. The van der Waals surface area contributed by atoms with Gasteiger partial charge in [-0.3, -0.25) is 9.59 Å². The molecule has 1 aliphatic heterocycles. The predicted octanol–water partition coefficient (Wildman–Crippen LogP) is 2.49. The van der Waals surface area contributed by atoms with E-state index in [1.165, 1.54) is 32.3 Å². The van der Waals surface area contributed by atoms with Crippen molar-refractivity contribution in [3.8, 4) is 17.2 Å². The Morgan fingerprint density at radius 3 is 2.15 bits per heavy atom. The molecular formula is C25H34NO7-. The van der Waals surface area contributed by atoms with Gasteiger partial charge >= 0.3 is 0 Å². The van der Waals surface area contributed by atoms with Gasteiger partial charge < -0.3 is 29.0 Å². The molecule has 1 aliphatic rings. The third kappa shape index (κ3) is 4.56. The summed E-state index contributed by atoms with van der Waals surface area (Å²) in [5.74, 6) is -2.49. The van der Waals surface area contributed by atoms with E-state index in [-0.39, 0.29) is 6.54 Å². The zero-order chi connectivity index (χ0) is 25.0. The zero-order valence-electron chi connectivity index (χ0n) is 20.5. The number of amides is 1. The highest BCUT2D eigenvalue weighted by Crippen LogP contribution is 2.47. The number of carboxylic acids is 1. The molecule has 1 saturated heterocycles. The second-order valence-corrected chi connectivity index (χ2v) is 8.79. The van der Waals surface area contributed by atoms with Gasteiger partial charge in [-0.15, -0.1) is 0 Å². The van der Waals surface area contributed by atoms with Gasteiger partial charge in [0.05, 0.1) is 27.3 Å². The smallest absolute Gasteiger partial charge is 0.291 e. The van der Waals surface area contributed by atoms with Crippen molar-refractivity contribution < 1.29 is 33.7 Å². The van der Waals surface area contributed by atoms with Crippen molar-refractivity contribution in [2.24, 2.45) is 5.41 Å². The molecule has 0 aliphatic carbocycles. The molecule has 1 heterocycles. The van der Waals surface area contributed by atoms with Gasteiger partial charge in [-0.2, -0.15) is 0 Å². The van der Waals surface area contributed by atoms with Crippen LogP contribution in [0.1, 0.15) is 58.4 Å². The number of hydrogen-bond acceptors (Lipinski definition) is 7. The Bertz CT molecular complexity index is 912. The van der Waals surface area contributed by atoms with E-state index in [0.29, 0.717) is 42.1 Å². The number of hydrogen-bond donors (Lipinski definition) is 0. The first-order chi connectivity index (χ1) is 15.5. The average molecular weight is 461 g/mol. The van der Waals surface area contributed by atoms with Crippen molar-refractivity contribution in [3.05, 3.63) is 29.8 Å². The Morgan fingerprint density at radius 1 is 1.15 bits per heavy atom. The lowest BCUT2D eigenvalue weighted by Crippen LogP contribution is -2.67. The molecule has 0 saturated carbocycles. The second-order valence-electron chi connectivity index (χ2n) is 8.79. The number of carboxylic acid groups (broad SMARTS) is 1. The number of ether oxygens (including phenoxy) is 3. The van der Waals surface area contributed by atoms with Crippen LogP contribution in [-0.2, 0) is 14.4 Å². The van der Waals surface area contributed by atoms with Crippen LogP contribution in [-0.4, -0.2) is 56.0 Å². The minimum Gasteiger partial charge on any atom is -0.547 e. The number of allylic oxidation sites excluding steroid dienone is 1. The Labute approximate surface area is 195 Å². The molecule has 1 aromatic carbocycles. The van der Waals surface area contributed by atoms with Gasteiger partial charge in [-0.05, 0) is 43.9 Å². The van der Waals surface area contributed by atoms with Gasteiger partial charge in [-0.1, -0.05) is 32.9 Å². The van der Waals surface area contributed by atoms with E-state index < -0.39 is 34.5 Å². The lowest BCUT2D eigenvalue weighted by molar-refractivity contribution is -0.318. The molecular weight excluding hydrogens is 426 g/mol. The zero-order valence-corrected chi connectivity index (χ0v) is 20.5. The fraction of sp³-hybridized carbons (Fsp3) is 0.560. The first kappa shape index (κ1) is 26.2. The highest BCUT2D eigenvalue weighted by molar-refractivity contribution is 6.38. The number of benzene rings is 1. The Hall–Kier alpha value is -3.03. The number of carbonyl (C=O) groups excluding carboxylic acids is 3. The number of aliphatic carboxylic acids is 1. The number of methoxy groups -OCH3 is 3. The summed E-state index contributed by atoms with van der Waals surface area (Å²) in [6.45, 7) is 6.99. The fourth-order valence-electron chi connectivity index (χ4n) is 4.39. The number of carbonyl (C=O) groups is 3. The summed E-state index contributed by atoms with van der Waals surface area (Å²) in [5.41, 5.74) is -2.19. The minimum atomic E-state index is -1.85. The monoisotopic (exact) mass is 460 g/mol. The Morgan fingerprint density at radius 2 is 1.73 bits per heavy atom. The van der Waals surface area contributed by atoms with Crippen molar-refractivity contribution in [2.75, 3.05) is 27.9 Å². The van der Waals surface area contributed by atoms with Gasteiger partial charge in [-0.25, -0.2) is 0 Å². The molecule has 0 spiro atoms. The maximum atomic E-state index is 13.4. The summed E-state index contributed by atoms with van der Waals surface area (Å²) in [6, 6.07) is 3.36. The summed E-state index contributed by atoms with van der Waals surface area (Å²) in [5, 5.41) is 12.8. The Kier molecular flexibility index (Phi) is 8.16. The maximum Gasteiger partial charge on any atom is 0.291 e. The molecule has 1 aromatic rings. The molecule has 0 aromatic heterocycles. The van der Waals surface area contributed by atoms with Crippen LogP contribution in [0.3, 0.4) is 0 Å². The summed E-state index contributed by atoms with van der Waals surface area (Å²) >= 11 is 0. The first-order valence-corrected chi connectivity index (χ1v) is 11.1. The van der Waals surface area contributed by atoms with Gasteiger partial charge in [0.25, 0.3) is 5.91 Å². The number of nitrogens with zero attached hydrogens (tertiary/aromatic N) is 1. The summed E-state index contributed by atoms with van der Waals surface area (Å²) in [6.07, 6.45) is 4.43. The third-order valence-electron chi connectivity index (χ3n) is 6.63. The molecule has 182 valence electrons. The van der Waals surface area contributed by atoms with Crippen molar-refractivity contribution >= 4 is 17.7 Å². The molecule has 1 amide bonds. The predicted molar refractivity (Wildman–Crippen MR) is 121 cm³/mol. The van der Waals surface area contributed by atoms with Crippen molar-refractivity contribution in [3.63, 3.8) is 0 Å². The highest BCUT2D eigenvalue weighted by Gasteiger charge is 2.51. The van der Waals surface area contributed by atoms with Gasteiger partial charge in [0.15, 0.2) is 11.5 Å². The van der Waals surface area contributed by atoms with Crippen LogP contribution in [0.2, 0.25) is 0 Å². The van der Waals surface area contributed by atoms with Crippen molar-refractivity contribution in [1.29, 1.82) is 0 Å². The van der Waals surface area contributed by atoms with Crippen LogP contribution in [0, 0.1) is 5.41 Å². The maximum absolute atomic E-state index is 13.4. The minimum absolute atomic E-state index is 0.129. The van der Waals surface area contributed by atoms with Crippen LogP contribution in [0.5, 0.6) is 17.2 Å². The third-order valence-corrected chi connectivity index (χ3v) is 6.63. The van der Waals surface area contributed by atoms with Crippen molar-refractivity contribution in [2.45, 2.75) is 58.4 Å². The largest absolute Gasteiger partial charge is 0.547 e. The van der Waals surface area contributed by atoms with E-state index >= 15 is 0 Å². The second kappa shape index (κ2) is 10.3. The number of piperidine rings is 1. The van der Waals surface area contributed by atoms with E-state index in [1.807, 2.05) is 6.92 Å². The van der Waals surface area contributed by atoms with Crippen LogP contribution in [0.25, 0.3) is 0 Å². The van der Waals surface area contributed by atoms with E-state index in [0.717, 1.165) is 0 Å². The lowest BCUT2D eigenvalue weighted by Gasteiger charge is -2.51. The number of ketones is 1. The molecule has 1 fully saturated rings. The molecule has 8 nitrogen and oxygen atoms in total. The molecule has 8 heteroatoms. The van der Waals surface area contributed by atoms with E-state index in [2.05, 4.69) is 0 Å². The highest BCUT2D eigenvalue weighted by atomic mass is 16.5. The van der Waals surface area contributed by atoms with Crippen LogP contribution in [0.15, 0.2) is 24.3 Å². The average Bonchev–Trinajstić information content (AvgIpc) is 2.81. The topological polar surface area (TPSA) is 105 Å². The normalized spacial score (nSPS) is 21.1. The van der Waals surface area contributed by atoms with Crippen LogP contribution >= 0.6 is 0 Å². The molecule has 0 bridgehead atoms. The van der Waals surface area contributed by atoms with E-state index in [9.17, 15) is 19.5 Å². The SMILES string of the molecule is C/C=C/C1(C(=O)[O-])C(c2cc(OC)c(OC)c(OC)c2)CCCN1C(=O)C(=O)C(C)(C)CC. The van der Waals surface area contributed by atoms with Crippen molar-refractivity contribution in [1.82, 2.24) is 4.90 Å². The summed E-state index contributed by atoms with van der Waals surface area (Å²) < 4.78 is 16.3. The summed E-state index contributed by atoms with van der Waals surface area (Å²) in [4.78, 5) is 40.4. The van der Waals surface area contributed by atoms with Crippen LogP contribution < -0.4 is 19.3 Å². The van der Waals surface area contributed by atoms with E-state index in [4.69, 9.17) is 14.2 Å². The molecule has 0 N–H and O–H groups in total. The fourth-order valence-corrected chi connectivity index (χ4v) is 4.39. The molecule has 2 unspecified atom stereocenters. The van der Waals surface area contributed by atoms with Gasteiger partial charge in [0.1, 0.15) is 5.54 Å². The molecule has 2 rings (SSSR count). The number of rotatable bonds is 9. The van der Waals surface area contributed by atoms with E-state index in [1.54, 1.807) is 39.0 Å². The number of likely N-dealkylation sites (tertiary alicyclic amines) is 1. The quantitative estimate of drug-likeness (QED) is 0.412. The Balaban J connectivity index is 2.74. The first-order valence-electron chi connectivity index (χ1n) is 11.1. The summed E-state index contributed by atoms with van der Waals surface area (Å²) in [7, 11) is 4.43. The standard InChI is InChI=1S/C25H35NO7/c1-8-12-25(23(29)30)17(16-14-18(31-5)20(33-7)19(15-16)32-6)11-10-13-26(25)22(28)21(27)24(3,4)9-2/h8,12,14-15,17H,9-11,13H2,1-7H3,(H,29,30)/p-1/b12-8+. The van der Waals surface area contributed by atoms with Crippen LogP contribution in [0.4, 0.5) is 0 Å². The van der Waals surface area contributed by atoms with Gasteiger partial charge in [0, 0.05) is 17.9 Å². The molecule has 33 heavy (non-hydrogen) atoms. The lowest BCUT2D eigenvalue weighted by atomic mass is 9.71. The molecule has 2 atom stereocenters. The van der Waals surface area contributed by atoms with Gasteiger partial charge in [0.2, 0.25) is 11.5 Å². The number of Topliss-reactive ketones (excluding diaryl/α,β-unsaturated/α-hetero) is 1.